The lowest BCUT2D eigenvalue weighted by Crippen LogP contribution is -2.38. The number of para-hydroxylation sites is 1. The standard InChI is InChI=1S/C23H23FN2O4S/c1-17(2)30-19-14-12-18(13-15-19)25-23(27)16-26(22-11-7-6-10-21(22)24)31(28,29)20-8-4-3-5-9-20/h3-15,17H,16H2,1-2H3,(H,25,27). The van der Waals surface area contributed by atoms with Crippen LogP contribution in [0.2, 0.25) is 0 Å². The third-order valence-electron chi connectivity index (χ3n) is 4.25. The van der Waals surface area contributed by atoms with E-state index in [1.165, 1.54) is 30.3 Å². The fourth-order valence-corrected chi connectivity index (χ4v) is 4.34. The van der Waals surface area contributed by atoms with E-state index in [1.54, 1.807) is 42.5 Å². The van der Waals surface area contributed by atoms with Gasteiger partial charge >= 0.3 is 0 Å². The first-order valence-corrected chi connectivity index (χ1v) is 11.1. The normalized spacial score (nSPS) is 11.2. The van der Waals surface area contributed by atoms with E-state index < -0.39 is 28.3 Å². The molecule has 0 atom stereocenters. The zero-order chi connectivity index (χ0) is 22.4. The summed E-state index contributed by atoms with van der Waals surface area (Å²) in [6, 6.07) is 19.7. The molecule has 0 aliphatic carbocycles. The van der Waals surface area contributed by atoms with Crippen LogP contribution in [0.5, 0.6) is 5.75 Å². The summed E-state index contributed by atoms with van der Waals surface area (Å²) in [5, 5.41) is 2.64. The number of amides is 1. The first-order valence-electron chi connectivity index (χ1n) is 9.66. The van der Waals surface area contributed by atoms with Gasteiger partial charge in [-0.1, -0.05) is 30.3 Å². The minimum atomic E-state index is -4.17. The molecule has 0 heterocycles. The van der Waals surface area contributed by atoms with Gasteiger partial charge in [-0.3, -0.25) is 9.10 Å². The summed E-state index contributed by atoms with van der Waals surface area (Å²) in [4.78, 5) is 12.6. The molecule has 0 aliphatic heterocycles. The average molecular weight is 443 g/mol. The molecule has 3 rings (SSSR count). The highest BCUT2D eigenvalue weighted by Gasteiger charge is 2.29. The third kappa shape index (κ3) is 5.61. The van der Waals surface area contributed by atoms with Crippen LogP contribution in [0.1, 0.15) is 13.8 Å². The molecule has 3 aromatic rings. The Morgan fingerprint density at radius 2 is 1.58 bits per heavy atom. The molecule has 1 amide bonds. The van der Waals surface area contributed by atoms with Crippen LogP contribution in [0.25, 0.3) is 0 Å². The Morgan fingerprint density at radius 3 is 2.19 bits per heavy atom. The van der Waals surface area contributed by atoms with E-state index in [9.17, 15) is 17.6 Å². The summed E-state index contributed by atoms with van der Waals surface area (Å²) in [7, 11) is -4.17. The van der Waals surface area contributed by atoms with Gasteiger partial charge in [-0.05, 0) is 62.4 Å². The Balaban J connectivity index is 1.85. The number of carbonyl (C=O) groups is 1. The summed E-state index contributed by atoms with van der Waals surface area (Å²) in [6.45, 7) is 3.21. The van der Waals surface area contributed by atoms with Gasteiger partial charge in [0.15, 0.2) is 0 Å². The van der Waals surface area contributed by atoms with Gasteiger partial charge in [0.1, 0.15) is 18.1 Å². The van der Waals surface area contributed by atoms with E-state index in [4.69, 9.17) is 4.74 Å². The van der Waals surface area contributed by atoms with Crippen molar-refractivity contribution in [2.75, 3.05) is 16.2 Å². The maximum atomic E-state index is 14.5. The van der Waals surface area contributed by atoms with Crippen molar-refractivity contribution in [2.24, 2.45) is 0 Å². The topological polar surface area (TPSA) is 75.7 Å². The van der Waals surface area contributed by atoms with Gasteiger partial charge in [0.2, 0.25) is 5.91 Å². The number of hydrogen-bond donors (Lipinski definition) is 1. The van der Waals surface area contributed by atoms with Crippen LogP contribution in [0.15, 0.2) is 83.8 Å². The number of rotatable bonds is 8. The largest absolute Gasteiger partial charge is 0.491 e. The molecule has 0 radical (unpaired) electrons. The van der Waals surface area contributed by atoms with Gasteiger partial charge in [-0.15, -0.1) is 0 Å². The van der Waals surface area contributed by atoms with Crippen molar-refractivity contribution >= 4 is 27.3 Å². The molecule has 0 fully saturated rings. The summed E-state index contributed by atoms with van der Waals surface area (Å²) in [5.74, 6) is -0.710. The summed E-state index contributed by atoms with van der Waals surface area (Å²) >= 11 is 0. The predicted molar refractivity (Wildman–Crippen MR) is 118 cm³/mol. The number of nitrogens with one attached hydrogen (secondary N) is 1. The fourth-order valence-electron chi connectivity index (χ4n) is 2.89. The molecule has 0 saturated heterocycles. The maximum absolute atomic E-state index is 14.5. The molecule has 0 saturated carbocycles. The van der Waals surface area contributed by atoms with Crippen molar-refractivity contribution in [3.05, 3.63) is 84.7 Å². The summed E-state index contributed by atoms with van der Waals surface area (Å²) in [6.07, 6.45) is 0.0120. The second-order valence-electron chi connectivity index (χ2n) is 7.02. The van der Waals surface area contributed by atoms with Crippen LogP contribution >= 0.6 is 0 Å². The van der Waals surface area contributed by atoms with Gasteiger partial charge in [0, 0.05) is 5.69 Å². The zero-order valence-electron chi connectivity index (χ0n) is 17.2. The molecule has 6 nitrogen and oxygen atoms in total. The van der Waals surface area contributed by atoms with Crippen LogP contribution in [-0.4, -0.2) is 27.0 Å². The smallest absolute Gasteiger partial charge is 0.264 e. The molecule has 1 N–H and O–H groups in total. The number of halogens is 1. The SMILES string of the molecule is CC(C)Oc1ccc(NC(=O)CN(c2ccccc2F)S(=O)(=O)c2ccccc2)cc1. The number of sulfonamides is 1. The lowest BCUT2D eigenvalue weighted by Gasteiger charge is -2.24. The van der Waals surface area contributed by atoms with Crippen molar-refractivity contribution in [1.82, 2.24) is 0 Å². The molecule has 0 unspecified atom stereocenters. The van der Waals surface area contributed by atoms with Crippen LogP contribution in [0, 0.1) is 5.82 Å². The molecule has 0 aromatic heterocycles. The van der Waals surface area contributed by atoms with Crippen molar-refractivity contribution in [3.63, 3.8) is 0 Å². The summed E-state index contributed by atoms with van der Waals surface area (Å²) < 4.78 is 47.2. The quantitative estimate of drug-likeness (QED) is 0.559. The summed E-state index contributed by atoms with van der Waals surface area (Å²) in [5.41, 5.74) is 0.258. The molecule has 8 heteroatoms. The Bertz CT molecular complexity index is 1130. The second-order valence-corrected chi connectivity index (χ2v) is 8.88. The lowest BCUT2D eigenvalue weighted by atomic mass is 10.3. The average Bonchev–Trinajstić information content (AvgIpc) is 2.74. The van der Waals surface area contributed by atoms with E-state index in [0.717, 1.165) is 10.4 Å². The molecule has 0 bridgehead atoms. The maximum Gasteiger partial charge on any atom is 0.264 e. The number of ether oxygens (including phenoxy) is 1. The number of anilines is 2. The molecule has 0 aliphatic rings. The van der Waals surface area contributed by atoms with E-state index in [0.29, 0.717) is 11.4 Å². The van der Waals surface area contributed by atoms with Gasteiger partial charge in [0.25, 0.3) is 10.0 Å². The Labute approximate surface area is 181 Å². The predicted octanol–water partition coefficient (Wildman–Crippen LogP) is 4.45. The van der Waals surface area contributed by atoms with Gasteiger partial charge < -0.3 is 10.1 Å². The third-order valence-corrected chi connectivity index (χ3v) is 6.02. The number of nitrogens with zero attached hydrogens (tertiary/aromatic N) is 1. The van der Waals surface area contributed by atoms with Crippen molar-refractivity contribution in [2.45, 2.75) is 24.8 Å². The number of hydrogen-bond acceptors (Lipinski definition) is 4. The Morgan fingerprint density at radius 1 is 0.968 bits per heavy atom. The van der Waals surface area contributed by atoms with Crippen molar-refractivity contribution < 1.29 is 22.3 Å². The van der Waals surface area contributed by atoms with E-state index in [2.05, 4.69) is 5.32 Å². The molecular weight excluding hydrogens is 419 g/mol. The minimum absolute atomic E-state index is 0.0120. The monoisotopic (exact) mass is 442 g/mol. The van der Waals surface area contributed by atoms with E-state index >= 15 is 0 Å². The molecule has 0 spiro atoms. The van der Waals surface area contributed by atoms with Crippen LogP contribution in [0.4, 0.5) is 15.8 Å². The molecule has 3 aromatic carbocycles. The van der Waals surface area contributed by atoms with Gasteiger partial charge in [0.05, 0.1) is 16.7 Å². The molecule has 162 valence electrons. The zero-order valence-corrected chi connectivity index (χ0v) is 18.0. The first kappa shape index (κ1) is 22.3. The lowest BCUT2D eigenvalue weighted by molar-refractivity contribution is -0.114. The first-order chi connectivity index (χ1) is 14.8. The number of benzene rings is 3. The van der Waals surface area contributed by atoms with Crippen molar-refractivity contribution in [1.29, 1.82) is 0 Å². The van der Waals surface area contributed by atoms with Crippen molar-refractivity contribution in [3.8, 4) is 5.75 Å². The highest BCUT2D eigenvalue weighted by atomic mass is 32.2. The highest BCUT2D eigenvalue weighted by molar-refractivity contribution is 7.92. The minimum Gasteiger partial charge on any atom is -0.491 e. The van der Waals surface area contributed by atoms with Crippen LogP contribution < -0.4 is 14.4 Å². The second kappa shape index (κ2) is 9.61. The van der Waals surface area contributed by atoms with E-state index in [1.807, 2.05) is 13.8 Å². The fraction of sp³-hybridized carbons (Fsp3) is 0.174. The van der Waals surface area contributed by atoms with Crippen LogP contribution in [0.3, 0.4) is 0 Å². The molecular formula is C23H23FN2O4S. The van der Waals surface area contributed by atoms with Gasteiger partial charge in [-0.2, -0.15) is 0 Å². The Hall–Kier alpha value is -3.39. The highest BCUT2D eigenvalue weighted by Crippen LogP contribution is 2.26. The number of carbonyl (C=O) groups excluding carboxylic acids is 1. The Kier molecular flexibility index (Phi) is 6.91. The molecule has 31 heavy (non-hydrogen) atoms. The van der Waals surface area contributed by atoms with E-state index in [-0.39, 0.29) is 16.7 Å². The van der Waals surface area contributed by atoms with Gasteiger partial charge in [-0.25, -0.2) is 12.8 Å². The van der Waals surface area contributed by atoms with Crippen LogP contribution in [-0.2, 0) is 14.8 Å².